The number of rotatable bonds is 0. The summed E-state index contributed by atoms with van der Waals surface area (Å²) in [5.74, 6) is -0.123. The molecule has 3 rings (SSSR count). The molecule has 2 saturated heterocycles. The maximum atomic E-state index is 13.7. The van der Waals surface area contributed by atoms with E-state index < -0.39 is 0 Å². The van der Waals surface area contributed by atoms with E-state index in [4.69, 9.17) is 0 Å². The third-order valence-corrected chi connectivity index (χ3v) is 3.39. The van der Waals surface area contributed by atoms with Crippen LogP contribution in [0.2, 0.25) is 0 Å². The minimum atomic E-state index is -0.182. The summed E-state index contributed by atoms with van der Waals surface area (Å²) in [5.41, 5.74) is 0.694. The van der Waals surface area contributed by atoms with Gasteiger partial charge in [0.25, 0.3) is 0 Å². The summed E-state index contributed by atoms with van der Waals surface area (Å²) >= 11 is 0. The van der Waals surface area contributed by atoms with Crippen molar-refractivity contribution in [3.63, 3.8) is 0 Å². The quantitative estimate of drug-likeness (QED) is 0.646. The fourth-order valence-corrected chi connectivity index (χ4v) is 2.73. The van der Waals surface area contributed by atoms with E-state index in [-0.39, 0.29) is 23.8 Å². The molecular formula is C11H13FN2O. The summed E-state index contributed by atoms with van der Waals surface area (Å²) in [6, 6.07) is -0.273. The van der Waals surface area contributed by atoms with Gasteiger partial charge in [0.15, 0.2) is 0 Å². The average molecular weight is 208 g/mol. The Kier molecular flexibility index (Phi) is 1.84. The molecule has 1 aliphatic carbocycles. The molecule has 2 heterocycles. The molecular weight excluding hydrogens is 195 g/mol. The normalized spacial score (nSPS) is 33.9. The summed E-state index contributed by atoms with van der Waals surface area (Å²) in [6.07, 6.45) is 5.82. The van der Waals surface area contributed by atoms with Gasteiger partial charge >= 0.3 is 0 Å². The number of carbonyl (C=O) groups is 1. The number of amides is 1. The minimum Gasteiger partial charge on any atom is -0.359 e. The molecule has 3 aliphatic rings. The zero-order chi connectivity index (χ0) is 10.4. The van der Waals surface area contributed by atoms with E-state index in [9.17, 15) is 9.18 Å². The zero-order valence-corrected chi connectivity index (χ0v) is 8.37. The number of piperazine rings is 1. The predicted octanol–water partition coefficient (Wildman–Crippen LogP) is 1.09. The third-order valence-electron chi connectivity index (χ3n) is 3.39. The number of fused-ring (bicyclic) bond motifs is 3. The van der Waals surface area contributed by atoms with Crippen LogP contribution in [0.25, 0.3) is 0 Å². The highest BCUT2D eigenvalue weighted by Crippen LogP contribution is 2.33. The largest absolute Gasteiger partial charge is 0.359 e. The lowest BCUT2D eigenvalue weighted by molar-refractivity contribution is -0.127. The number of halogens is 1. The molecule has 2 atom stereocenters. The van der Waals surface area contributed by atoms with Gasteiger partial charge in [0, 0.05) is 6.54 Å². The van der Waals surface area contributed by atoms with Gasteiger partial charge in [0.1, 0.15) is 11.9 Å². The molecule has 3 nitrogen and oxygen atoms in total. The number of allylic oxidation sites excluding steroid dienone is 2. The van der Waals surface area contributed by atoms with Gasteiger partial charge in [-0.2, -0.15) is 0 Å². The van der Waals surface area contributed by atoms with Gasteiger partial charge in [0.05, 0.1) is 11.7 Å². The van der Waals surface area contributed by atoms with Crippen molar-refractivity contribution >= 4 is 5.91 Å². The highest BCUT2D eigenvalue weighted by atomic mass is 19.1. The van der Waals surface area contributed by atoms with Crippen LogP contribution in [0.3, 0.4) is 0 Å². The summed E-state index contributed by atoms with van der Waals surface area (Å²) in [5, 5.41) is 2.89. The standard InChI is InChI=1S/C11H13FN2O/c12-7-3-1-4-8-10(7)14-6-2-5-9(14)11(15)13-8/h1,3,8-9H,2,4-6H2,(H,13,15). The van der Waals surface area contributed by atoms with E-state index >= 15 is 0 Å². The lowest BCUT2D eigenvalue weighted by Gasteiger charge is -2.40. The average Bonchev–Trinajstić information content (AvgIpc) is 2.66. The van der Waals surface area contributed by atoms with Crippen molar-refractivity contribution in [2.24, 2.45) is 0 Å². The van der Waals surface area contributed by atoms with Crippen molar-refractivity contribution < 1.29 is 9.18 Å². The van der Waals surface area contributed by atoms with E-state index in [1.54, 1.807) is 6.08 Å². The van der Waals surface area contributed by atoms with Gasteiger partial charge in [-0.15, -0.1) is 0 Å². The molecule has 0 radical (unpaired) electrons. The molecule has 0 aromatic heterocycles. The van der Waals surface area contributed by atoms with Gasteiger partial charge in [-0.1, -0.05) is 6.08 Å². The summed E-state index contributed by atoms with van der Waals surface area (Å²) in [7, 11) is 0. The summed E-state index contributed by atoms with van der Waals surface area (Å²) in [4.78, 5) is 13.7. The Bertz CT molecular complexity index is 375. The van der Waals surface area contributed by atoms with Crippen LogP contribution in [-0.2, 0) is 4.79 Å². The summed E-state index contributed by atoms with van der Waals surface area (Å²) in [6.45, 7) is 0.811. The van der Waals surface area contributed by atoms with Crippen LogP contribution in [0.15, 0.2) is 23.7 Å². The van der Waals surface area contributed by atoms with Crippen molar-refractivity contribution in [3.05, 3.63) is 23.7 Å². The van der Waals surface area contributed by atoms with Gasteiger partial charge in [-0.05, 0) is 25.3 Å². The summed E-state index contributed by atoms with van der Waals surface area (Å²) < 4.78 is 13.7. The number of nitrogens with zero attached hydrogens (tertiary/aromatic N) is 1. The van der Waals surface area contributed by atoms with Crippen LogP contribution in [0, 0.1) is 0 Å². The Hall–Kier alpha value is -1.32. The number of hydrogen-bond donors (Lipinski definition) is 1. The molecule has 80 valence electrons. The first kappa shape index (κ1) is 8.95. The van der Waals surface area contributed by atoms with Crippen molar-refractivity contribution in [2.75, 3.05) is 6.54 Å². The van der Waals surface area contributed by atoms with E-state index in [2.05, 4.69) is 5.32 Å². The fourth-order valence-electron chi connectivity index (χ4n) is 2.73. The molecule has 2 fully saturated rings. The third kappa shape index (κ3) is 1.20. The van der Waals surface area contributed by atoms with E-state index in [1.165, 1.54) is 6.08 Å². The molecule has 0 saturated carbocycles. The predicted molar refractivity (Wildman–Crippen MR) is 53.5 cm³/mol. The molecule has 2 aliphatic heterocycles. The second-order valence-corrected chi connectivity index (χ2v) is 4.28. The Morgan fingerprint density at radius 3 is 3.27 bits per heavy atom. The first-order valence-corrected chi connectivity index (χ1v) is 5.40. The molecule has 0 aromatic carbocycles. The van der Waals surface area contributed by atoms with Crippen molar-refractivity contribution in [1.82, 2.24) is 10.2 Å². The van der Waals surface area contributed by atoms with Crippen LogP contribution in [-0.4, -0.2) is 29.4 Å². The van der Waals surface area contributed by atoms with Crippen molar-refractivity contribution in [3.8, 4) is 0 Å². The Morgan fingerprint density at radius 2 is 2.40 bits per heavy atom. The zero-order valence-electron chi connectivity index (χ0n) is 8.37. The lowest BCUT2D eigenvalue weighted by Crippen LogP contribution is -2.56. The number of nitrogens with one attached hydrogen (secondary N) is 1. The Balaban J connectivity index is 2.03. The number of hydrogen-bond acceptors (Lipinski definition) is 2. The second-order valence-electron chi connectivity index (χ2n) is 4.28. The Morgan fingerprint density at radius 1 is 1.53 bits per heavy atom. The van der Waals surface area contributed by atoms with Gasteiger partial charge in [0.2, 0.25) is 5.91 Å². The molecule has 0 spiro atoms. The van der Waals surface area contributed by atoms with Gasteiger partial charge < -0.3 is 10.2 Å². The van der Waals surface area contributed by atoms with Crippen LogP contribution in [0.5, 0.6) is 0 Å². The molecule has 1 amide bonds. The van der Waals surface area contributed by atoms with Crippen molar-refractivity contribution in [1.29, 1.82) is 0 Å². The van der Waals surface area contributed by atoms with Crippen LogP contribution < -0.4 is 5.32 Å². The lowest BCUT2D eigenvalue weighted by atomic mass is 9.98. The van der Waals surface area contributed by atoms with E-state index in [0.717, 1.165) is 19.4 Å². The first-order valence-electron chi connectivity index (χ1n) is 5.40. The van der Waals surface area contributed by atoms with Crippen LogP contribution in [0.1, 0.15) is 19.3 Å². The molecule has 1 N–H and O–H groups in total. The van der Waals surface area contributed by atoms with Gasteiger partial charge in [-0.3, -0.25) is 4.79 Å². The highest BCUT2D eigenvalue weighted by molar-refractivity contribution is 5.84. The smallest absolute Gasteiger partial charge is 0.243 e. The maximum Gasteiger partial charge on any atom is 0.243 e. The second kappa shape index (κ2) is 3.08. The van der Waals surface area contributed by atoms with E-state index in [1.807, 2.05) is 4.90 Å². The number of carbonyl (C=O) groups excluding carboxylic acids is 1. The minimum absolute atomic E-state index is 0.0596. The molecule has 15 heavy (non-hydrogen) atoms. The van der Waals surface area contributed by atoms with E-state index in [0.29, 0.717) is 12.1 Å². The fraction of sp³-hybridized carbons (Fsp3) is 0.545. The maximum absolute atomic E-state index is 13.7. The van der Waals surface area contributed by atoms with Crippen LogP contribution in [0.4, 0.5) is 4.39 Å². The Labute approximate surface area is 87.6 Å². The monoisotopic (exact) mass is 208 g/mol. The van der Waals surface area contributed by atoms with Gasteiger partial charge in [-0.25, -0.2) is 4.39 Å². The molecule has 0 aromatic rings. The van der Waals surface area contributed by atoms with Crippen molar-refractivity contribution in [2.45, 2.75) is 31.3 Å². The molecule has 0 bridgehead atoms. The highest BCUT2D eigenvalue weighted by Gasteiger charge is 2.42. The first-order chi connectivity index (χ1) is 7.27. The van der Waals surface area contributed by atoms with Crippen LogP contribution >= 0.6 is 0 Å². The molecule has 4 heteroatoms. The topological polar surface area (TPSA) is 32.3 Å². The molecule has 2 unspecified atom stereocenters. The SMILES string of the molecule is O=C1NC2CC=CC(F)=C2N2CCCC12.